The Morgan fingerprint density at radius 3 is 2.77 bits per heavy atom. The maximum absolute atomic E-state index is 5.73. The molecule has 0 aliphatic carbocycles. The average molecular weight is 180 g/mol. The molecule has 1 heterocycles. The summed E-state index contributed by atoms with van der Waals surface area (Å²) in [5, 5.41) is 0. The third-order valence-corrected chi connectivity index (χ3v) is 1.86. The minimum Gasteiger partial charge on any atom is -0.478 e. The SMILES string of the molecule is CCOc1ncc([C@@H](C)N)cc1C. The van der Waals surface area contributed by atoms with Gasteiger partial charge >= 0.3 is 0 Å². The molecular weight excluding hydrogens is 164 g/mol. The van der Waals surface area contributed by atoms with Gasteiger partial charge in [-0.2, -0.15) is 0 Å². The molecule has 0 saturated carbocycles. The van der Waals surface area contributed by atoms with E-state index in [0.717, 1.165) is 11.1 Å². The fourth-order valence-electron chi connectivity index (χ4n) is 1.12. The molecule has 1 aromatic rings. The molecule has 0 aliphatic rings. The molecule has 2 N–H and O–H groups in total. The Kier molecular flexibility index (Phi) is 3.25. The number of nitrogens with two attached hydrogens (primary N) is 1. The second-order valence-electron chi connectivity index (χ2n) is 3.11. The molecule has 1 aromatic heterocycles. The number of hydrogen-bond acceptors (Lipinski definition) is 3. The fraction of sp³-hybridized carbons (Fsp3) is 0.500. The smallest absolute Gasteiger partial charge is 0.216 e. The standard InChI is InChI=1S/C10H16N2O/c1-4-13-10-7(2)5-9(6-12-10)8(3)11/h5-6,8H,4,11H2,1-3H3/t8-/m1/s1. The van der Waals surface area contributed by atoms with Crippen molar-refractivity contribution >= 4 is 0 Å². The van der Waals surface area contributed by atoms with Crippen LogP contribution in [0.25, 0.3) is 0 Å². The van der Waals surface area contributed by atoms with E-state index in [1.165, 1.54) is 0 Å². The third-order valence-electron chi connectivity index (χ3n) is 1.86. The molecule has 0 fully saturated rings. The van der Waals surface area contributed by atoms with Crippen molar-refractivity contribution in [1.29, 1.82) is 0 Å². The first kappa shape index (κ1) is 9.99. The highest BCUT2D eigenvalue weighted by atomic mass is 16.5. The van der Waals surface area contributed by atoms with Crippen molar-refractivity contribution in [1.82, 2.24) is 4.98 Å². The Labute approximate surface area is 78.9 Å². The Balaban J connectivity index is 2.92. The van der Waals surface area contributed by atoms with Crippen LogP contribution in [0.4, 0.5) is 0 Å². The molecule has 0 saturated heterocycles. The van der Waals surface area contributed by atoms with Crippen LogP contribution in [0, 0.1) is 6.92 Å². The van der Waals surface area contributed by atoms with Crippen LogP contribution in [0.15, 0.2) is 12.3 Å². The van der Waals surface area contributed by atoms with Crippen molar-refractivity contribution in [2.45, 2.75) is 26.8 Å². The van der Waals surface area contributed by atoms with Crippen molar-refractivity contribution in [3.8, 4) is 5.88 Å². The van der Waals surface area contributed by atoms with Gasteiger partial charge in [-0.1, -0.05) is 0 Å². The van der Waals surface area contributed by atoms with E-state index < -0.39 is 0 Å². The van der Waals surface area contributed by atoms with Crippen LogP contribution in [0.5, 0.6) is 5.88 Å². The predicted molar refractivity (Wildman–Crippen MR) is 52.7 cm³/mol. The first-order valence-corrected chi connectivity index (χ1v) is 4.50. The van der Waals surface area contributed by atoms with Crippen molar-refractivity contribution in [3.05, 3.63) is 23.4 Å². The Hall–Kier alpha value is -1.09. The highest BCUT2D eigenvalue weighted by Crippen LogP contribution is 2.18. The molecule has 13 heavy (non-hydrogen) atoms. The molecule has 0 spiro atoms. The van der Waals surface area contributed by atoms with Gasteiger partial charge in [-0.3, -0.25) is 0 Å². The summed E-state index contributed by atoms with van der Waals surface area (Å²) in [6, 6.07) is 2.05. The predicted octanol–water partition coefficient (Wildman–Crippen LogP) is 1.81. The molecule has 0 radical (unpaired) electrons. The summed E-state index contributed by atoms with van der Waals surface area (Å²) in [4.78, 5) is 4.19. The Morgan fingerprint density at radius 1 is 1.62 bits per heavy atom. The maximum Gasteiger partial charge on any atom is 0.216 e. The summed E-state index contributed by atoms with van der Waals surface area (Å²) in [6.07, 6.45) is 1.77. The van der Waals surface area contributed by atoms with E-state index in [1.54, 1.807) is 6.20 Å². The zero-order valence-corrected chi connectivity index (χ0v) is 8.37. The fourth-order valence-corrected chi connectivity index (χ4v) is 1.12. The van der Waals surface area contributed by atoms with Gasteiger partial charge in [-0.25, -0.2) is 4.98 Å². The normalized spacial score (nSPS) is 12.6. The minimum atomic E-state index is 0.0295. The number of rotatable bonds is 3. The van der Waals surface area contributed by atoms with E-state index in [4.69, 9.17) is 10.5 Å². The number of aromatic nitrogens is 1. The van der Waals surface area contributed by atoms with E-state index in [-0.39, 0.29) is 6.04 Å². The monoisotopic (exact) mass is 180 g/mol. The summed E-state index contributed by atoms with van der Waals surface area (Å²) < 4.78 is 5.32. The highest BCUT2D eigenvalue weighted by molar-refractivity contribution is 5.29. The van der Waals surface area contributed by atoms with Crippen molar-refractivity contribution in [3.63, 3.8) is 0 Å². The largest absolute Gasteiger partial charge is 0.478 e. The second-order valence-corrected chi connectivity index (χ2v) is 3.11. The quantitative estimate of drug-likeness (QED) is 0.771. The summed E-state index contributed by atoms with van der Waals surface area (Å²) >= 11 is 0. The molecular formula is C10H16N2O. The molecule has 1 atom stereocenters. The van der Waals surface area contributed by atoms with Crippen molar-refractivity contribution < 1.29 is 4.74 Å². The Morgan fingerprint density at radius 2 is 2.31 bits per heavy atom. The molecule has 0 aliphatic heterocycles. The van der Waals surface area contributed by atoms with Gasteiger partial charge in [0.15, 0.2) is 0 Å². The lowest BCUT2D eigenvalue weighted by Crippen LogP contribution is -2.06. The van der Waals surface area contributed by atoms with Crippen LogP contribution >= 0.6 is 0 Å². The van der Waals surface area contributed by atoms with Gasteiger partial charge in [0.25, 0.3) is 0 Å². The Bertz CT molecular complexity index is 284. The van der Waals surface area contributed by atoms with Gasteiger partial charge in [-0.05, 0) is 32.4 Å². The lowest BCUT2D eigenvalue weighted by Gasteiger charge is -2.09. The van der Waals surface area contributed by atoms with Gasteiger partial charge in [0.05, 0.1) is 6.61 Å². The topological polar surface area (TPSA) is 48.1 Å². The first-order chi connectivity index (χ1) is 6.15. The number of aryl methyl sites for hydroxylation is 1. The lowest BCUT2D eigenvalue weighted by atomic mass is 10.1. The maximum atomic E-state index is 5.73. The minimum absolute atomic E-state index is 0.0295. The molecule has 0 aromatic carbocycles. The van der Waals surface area contributed by atoms with Crippen LogP contribution < -0.4 is 10.5 Å². The summed E-state index contributed by atoms with van der Waals surface area (Å²) in [5.41, 5.74) is 7.81. The van der Waals surface area contributed by atoms with E-state index >= 15 is 0 Å². The van der Waals surface area contributed by atoms with Crippen LogP contribution in [0.1, 0.15) is 31.0 Å². The van der Waals surface area contributed by atoms with E-state index in [2.05, 4.69) is 4.98 Å². The zero-order chi connectivity index (χ0) is 9.84. The van der Waals surface area contributed by atoms with Gasteiger partial charge in [0, 0.05) is 17.8 Å². The molecule has 72 valence electrons. The molecule has 3 heteroatoms. The number of pyridine rings is 1. The van der Waals surface area contributed by atoms with Crippen LogP contribution in [-0.2, 0) is 0 Å². The van der Waals surface area contributed by atoms with E-state index in [0.29, 0.717) is 12.5 Å². The van der Waals surface area contributed by atoms with Gasteiger partial charge < -0.3 is 10.5 Å². The molecule has 1 rings (SSSR count). The summed E-state index contributed by atoms with van der Waals surface area (Å²) in [6.45, 7) is 6.51. The summed E-state index contributed by atoms with van der Waals surface area (Å²) in [5.74, 6) is 0.701. The van der Waals surface area contributed by atoms with Crippen molar-refractivity contribution in [2.24, 2.45) is 5.73 Å². The molecule has 3 nitrogen and oxygen atoms in total. The third kappa shape index (κ3) is 2.42. The lowest BCUT2D eigenvalue weighted by molar-refractivity contribution is 0.324. The number of hydrogen-bond donors (Lipinski definition) is 1. The van der Waals surface area contributed by atoms with Gasteiger partial charge in [-0.15, -0.1) is 0 Å². The number of nitrogens with zero attached hydrogens (tertiary/aromatic N) is 1. The van der Waals surface area contributed by atoms with Crippen LogP contribution in [0.3, 0.4) is 0 Å². The molecule has 0 amide bonds. The average Bonchev–Trinajstić information content (AvgIpc) is 2.08. The van der Waals surface area contributed by atoms with Gasteiger partial charge in [0.1, 0.15) is 0 Å². The molecule has 0 unspecified atom stereocenters. The summed E-state index contributed by atoms with van der Waals surface area (Å²) in [7, 11) is 0. The second kappa shape index (κ2) is 4.23. The molecule has 0 bridgehead atoms. The van der Waals surface area contributed by atoms with Crippen LogP contribution in [0.2, 0.25) is 0 Å². The van der Waals surface area contributed by atoms with E-state index in [9.17, 15) is 0 Å². The highest BCUT2D eigenvalue weighted by Gasteiger charge is 2.04. The van der Waals surface area contributed by atoms with Crippen LogP contribution in [-0.4, -0.2) is 11.6 Å². The van der Waals surface area contributed by atoms with Gasteiger partial charge in [0.2, 0.25) is 5.88 Å². The van der Waals surface area contributed by atoms with E-state index in [1.807, 2.05) is 26.8 Å². The number of ether oxygens (including phenoxy) is 1. The van der Waals surface area contributed by atoms with Crippen molar-refractivity contribution in [2.75, 3.05) is 6.61 Å². The zero-order valence-electron chi connectivity index (χ0n) is 8.37. The first-order valence-electron chi connectivity index (χ1n) is 4.50.